The van der Waals surface area contributed by atoms with Crippen molar-refractivity contribution in [3.8, 4) is 0 Å². The van der Waals surface area contributed by atoms with E-state index in [1.54, 1.807) is 24.8 Å². The lowest BCUT2D eigenvalue weighted by Gasteiger charge is -2.35. The number of amides is 1. The fourth-order valence-corrected chi connectivity index (χ4v) is 3.61. The van der Waals surface area contributed by atoms with Gasteiger partial charge in [-0.1, -0.05) is 6.92 Å². The summed E-state index contributed by atoms with van der Waals surface area (Å²) in [6.45, 7) is 9.78. The minimum atomic E-state index is 0.0216. The normalized spacial score (nSPS) is 18.4. The van der Waals surface area contributed by atoms with Gasteiger partial charge in [-0.15, -0.1) is 0 Å². The van der Waals surface area contributed by atoms with Crippen LogP contribution in [-0.4, -0.2) is 94.5 Å². The van der Waals surface area contributed by atoms with Gasteiger partial charge in [0.1, 0.15) is 0 Å². The van der Waals surface area contributed by atoms with Gasteiger partial charge in [-0.25, -0.2) is 19.9 Å². The summed E-state index contributed by atoms with van der Waals surface area (Å²) < 4.78 is 0. The summed E-state index contributed by atoms with van der Waals surface area (Å²) >= 11 is 0. The molecular formula is C19H26N8O. The summed E-state index contributed by atoms with van der Waals surface area (Å²) in [6.07, 6.45) is 6.83. The van der Waals surface area contributed by atoms with E-state index in [2.05, 4.69) is 41.6 Å². The van der Waals surface area contributed by atoms with E-state index in [1.807, 2.05) is 11.0 Å². The van der Waals surface area contributed by atoms with Gasteiger partial charge in [0, 0.05) is 77.1 Å². The number of rotatable bonds is 4. The standard InChI is InChI=1S/C19H26N8O/c1-2-24-6-8-25(9-7-24)17(28)16-14-22-19(23-15-16)27-12-10-26(11-13-27)18-20-4-3-5-21-18/h3-5,14-15H,2,6-13H2,1H3. The molecule has 0 aromatic carbocycles. The van der Waals surface area contributed by atoms with Crippen molar-refractivity contribution < 1.29 is 4.79 Å². The molecule has 0 aliphatic carbocycles. The minimum absolute atomic E-state index is 0.0216. The van der Waals surface area contributed by atoms with E-state index < -0.39 is 0 Å². The van der Waals surface area contributed by atoms with Gasteiger partial charge in [0.05, 0.1) is 5.56 Å². The first-order valence-corrected chi connectivity index (χ1v) is 9.85. The molecule has 2 saturated heterocycles. The second-order valence-corrected chi connectivity index (χ2v) is 7.02. The van der Waals surface area contributed by atoms with Crippen LogP contribution in [0.4, 0.5) is 11.9 Å². The third kappa shape index (κ3) is 4.04. The minimum Gasteiger partial charge on any atom is -0.337 e. The molecule has 9 heteroatoms. The largest absolute Gasteiger partial charge is 0.337 e. The van der Waals surface area contributed by atoms with E-state index in [0.29, 0.717) is 11.5 Å². The fraction of sp³-hybridized carbons (Fsp3) is 0.526. The molecule has 0 N–H and O–H groups in total. The van der Waals surface area contributed by atoms with Gasteiger partial charge >= 0.3 is 0 Å². The molecule has 0 unspecified atom stereocenters. The molecule has 2 fully saturated rings. The van der Waals surface area contributed by atoms with E-state index in [0.717, 1.165) is 64.9 Å². The van der Waals surface area contributed by atoms with E-state index in [4.69, 9.17) is 0 Å². The van der Waals surface area contributed by atoms with Crippen LogP contribution in [-0.2, 0) is 0 Å². The monoisotopic (exact) mass is 382 g/mol. The van der Waals surface area contributed by atoms with Crippen LogP contribution in [0.3, 0.4) is 0 Å². The van der Waals surface area contributed by atoms with Gasteiger partial charge in [-0.05, 0) is 12.6 Å². The van der Waals surface area contributed by atoms with Crippen molar-refractivity contribution in [2.45, 2.75) is 6.92 Å². The number of aromatic nitrogens is 4. The highest BCUT2D eigenvalue weighted by molar-refractivity contribution is 5.93. The van der Waals surface area contributed by atoms with E-state index >= 15 is 0 Å². The van der Waals surface area contributed by atoms with E-state index in [1.165, 1.54) is 0 Å². The molecule has 2 aromatic heterocycles. The van der Waals surface area contributed by atoms with Crippen LogP contribution in [0, 0.1) is 0 Å². The van der Waals surface area contributed by atoms with Gasteiger partial charge < -0.3 is 19.6 Å². The molecule has 4 rings (SSSR count). The average molecular weight is 382 g/mol. The Morgan fingerprint density at radius 1 is 0.821 bits per heavy atom. The van der Waals surface area contributed by atoms with Crippen molar-refractivity contribution in [3.63, 3.8) is 0 Å². The predicted octanol–water partition coefficient (Wildman–Crippen LogP) is 0.371. The van der Waals surface area contributed by atoms with Crippen LogP contribution in [0.5, 0.6) is 0 Å². The Morgan fingerprint density at radius 3 is 1.89 bits per heavy atom. The van der Waals surface area contributed by atoms with Gasteiger partial charge in [-0.2, -0.15) is 0 Å². The topological polar surface area (TPSA) is 81.6 Å². The van der Waals surface area contributed by atoms with Crippen molar-refractivity contribution in [2.75, 3.05) is 68.7 Å². The first kappa shape index (κ1) is 18.5. The van der Waals surface area contributed by atoms with Gasteiger partial charge in [0.25, 0.3) is 5.91 Å². The Morgan fingerprint density at radius 2 is 1.36 bits per heavy atom. The summed E-state index contributed by atoms with van der Waals surface area (Å²) in [5, 5.41) is 0. The van der Waals surface area contributed by atoms with Crippen LogP contribution in [0.15, 0.2) is 30.9 Å². The number of piperazine rings is 2. The van der Waals surface area contributed by atoms with Crippen molar-refractivity contribution in [1.29, 1.82) is 0 Å². The maximum absolute atomic E-state index is 12.7. The second-order valence-electron chi connectivity index (χ2n) is 7.02. The number of hydrogen-bond donors (Lipinski definition) is 0. The lowest BCUT2D eigenvalue weighted by molar-refractivity contribution is 0.0642. The van der Waals surface area contributed by atoms with Gasteiger partial charge in [0.15, 0.2) is 0 Å². The lowest BCUT2D eigenvalue weighted by atomic mass is 10.2. The first-order valence-electron chi connectivity index (χ1n) is 9.85. The molecule has 0 saturated carbocycles. The molecule has 2 aliphatic rings. The second kappa shape index (κ2) is 8.47. The average Bonchev–Trinajstić information content (AvgIpc) is 2.79. The van der Waals surface area contributed by atoms with Crippen molar-refractivity contribution in [3.05, 3.63) is 36.4 Å². The van der Waals surface area contributed by atoms with E-state index in [-0.39, 0.29) is 5.91 Å². The molecule has 2 aliphatic heterocycles. The summed E-state index contributed by atoms with van der Waals surface area (Å²) in [5.41, 5.74) is 0.560. The molecule has 28 heavy (non-hydrogen) atoms. The first-order chi connectivity index (χ1) is 13.7. The van der Waals surface area contributed by atoms with Gasteiger partial charge in [0.2, 0.25) is 11.9 Å². The Kier molecular flexibility index (Phi) is 5.61. The van der Waals surface area contributed by atoms with Crippen LogP contribution in [0.2, 0.25) is 0 Å². The molecule has 0 spiro atoms. The molecule has 0 radical (unpaired) electrons. The summed E-state index contributed by atoms with van der Waals surface area (Å²) in [7, 11) is 0. The smallest absolute Gasteiger partial charge is 0.257 e. The number of hydrogen-bond acceptors (Lipinski definition) is 8. The zero-order valence-corrected chi connectivity index (χ0v) is 16.2. The van der Waals surface area contributed by atoms with Gasteiger partial charge in [-0.3, -0.25) is 4.79 Å². The molecule has 9 nitrogen and oxygen atoms in total. The van der Waals surface area contributed by atoms with Crippen LogP contribution < -0.4 is 9.80 Å². The van der Waals surface area contributed by atoms with Crippen molar-refractivity contribution in [2.24, 2.45) is 0 Å². The van der Waals surface area contributed by atoms with Crippen LogP contribution >= 0.6 is 0 Å². The third-order valence-electron chi connectivity index (χ3n) is 5.39. The Balaban J connectivity index is 1.33. The summed E-state index contributed by atoms with van der Waals surface area (Å²) in [6, 6.07) is 1.82. The molecule has 0 bridgehead atoms. The highest BCUT2D eigenvalue weighted by Crippen LogP contribution is 2.15. The van der Waals surface area contributed by atoms with E-state index in [9.17, 15) is 4.79 Å². The zero-order valence-electron chi connectivity index (χ0n) is 16.2. The highest BCUT2D eigenvalue weighted by Gasteiger charge is 2.23. The number of anilines is 2. The zero-order chi connectivity index (χ0) is 19.3. The molecule has 0 atom stereocenters. The Hall–Kier alpha value is -2.81. The summed E-state index contributed by atoms with van der Waals surface area (Å²) in [4.78, 5) is 38.7. The SMILES string of the molecule is CCN1CCN(C(=O)c2cnc(N3CCN(c4ncccn4)CC3)nc2)CC1. The molecule has 2 aromatic rings. The number of likely N-dealkylation sites (N-methyl/N-ethyl adjacent to an activating group) is 1. The lowest BCUT2D eigenvalue weighted by Crippen LogP contribution is -2.48. The molecule has 4 heterocycles. The molecular weight excluding hydrogens is 356 g/mol. The fourth-order valence-electron chi connectivity index (χ4n) is 3.61. The van der Waals surface area contributed by atoms with Crippen molar-refractivity contribution in [1.82, 2.24) is 29.7 Å². The Bertz CT molecular complexity index is 768. The summed E-state index contributed by atoms with van der Waals surface area (Å²) in [5.74, 6) is 1.45. The number of carbonyl (C=O) groups excluding carboxylic acids is 1. The number of carbonyl (C=O) groups is 1. The molecule has 148 valence electrons. The Labute approximate surface area is 165 Å². The van der Waals surface area contributed by atoms with Crippen LogP contribution in [0.1, 0.15) is 17.3 Å². The third-order valence-corrected chi connectivity index (χ3v) is 5.39. The van der Waals surface area contributed by atoms with Crippen LogP contribution in [0.25, 0.3) is 0 Å². The predicted molar refractivity (Wildman–Crippen MR) is 107 cm³/mol. The highest BCUT2D eigenvalue weighted by atomic mass is 16.2. The molecule has 1 amide bonds. The maximum atomic E-state index is 12.7. The maximum Gasteiger partial charge on any atom is 0.257 e. The van der Waals surface area contributed by atoms with Crippen molar-refractivity contribution >= 4 is 17.8 Å². The number of nitrogens with zero attached hydrogens (tertiary/aromatic N) is 8. The quantitative estimate of drug-likeness (QED) is 0.750.